The van der Waals surface area contributed by atoms with E-state index in [9.17, 15) is 0 Å². The van der Waals surface area contributed by atoms with Gasteiger partial charge in [-0.3, -0.25) is 0 Å². The van der Waals surface area contributed by atoms with E-state index in [1.165, 1.54) is 38.5 Å². The van der Waals surface area contributed by atoms with Gasteiger partial charge in [0.25, 0.3) is 0 Å². The first-order valence-corrected chi connectivity index (χ1v) is 7.45. The maximum atomic E-state index is 4.02. The van der Waals surface area contributed by atoms with Crippen molar-refractivity contribution in [3.05, 3.63) is 30.1 Å². The molecule has 1 aromatic heterocycles. The fraction of sp³-hybridized carbons (Fsp3) is 0.533. The molecule has 0 aliphatic heterocycles. The summed E-state index contributed by atoms with van der Waals surface area (Å²) in [6, 6.07) is 8.92. The third kappa shape index (κ3) is 2.98. The predicted molar refractivity (Wildman–Crippen MR) is 79.0 cm³/mol. The molecule has 1 heterocycles. The molecule has 1 aliphatic rings. The summed E-state index contributed by atoms with van der Waals surface area (Å²) in [6.45, 7) is 1.91. The number of hydrogen-bond acceptors (Lipinski definition) is 4. The average molecular weight is 271 g/mol. The first-order chi connectivity index (χ1) is 9.83. The monoisotopic (exact) mass is 271 g/mol. The van der Waals surface area contributed by atoms with Crippen molar-refractivity contribution in [1.82, 2.24) is 20.2 Å². The minimum absolute atomic E-state index is 0.600. The van der Waals surface area contributed by atoms with Gasteiger partial charge in [0.2, 0.25) is 0 Å². The summed E-state index contributed by atoms with van der Waals surface area (Å²) in [5, 5.41) is 15.3. The first kappa shape index (κ1) is 13.1. The zero-order valence-electron chi connectivity index (χ0n) is 11.9. The summed E-state index contributed by atoms with van der Waals surface area (Å²) >= 11 is 0. The van der Waals surface area contributed by atoms with E-state index in [2.05, 4.69) is 39.0 Å². The molecule has 1 saturated carbocycles. The Balaban J connectivity index is 1.76. The lowest BCUT2D eigenvalue weighted by Gasteiger charge is -2.18. The van der Waals surface area contributed by atoms with Crippen molar-refractivity contribution in [2.24, 2.45) is 0 Å². The van der Waals surface area contributed by atoms with Crippen molar-refractivity contribution in [2.75, 3.05) is 5.32 Å². The Kier molecular flexibility index (Phi) is 3.95. The number of nitrogens with one attached hydrogen (secondary N) is 1. The van der Waals surface area contributed by atoms with Crippen LogP contribution in [0.25, 0.3) is 5.69 Å². The smallest absolute Gasteiger partial charge is 0.153 e. The number of rotatable bonds is 3. The Morgan fingerprint density at radius 2 is 1.95 bits per heavy atom. The molecule has 1 N–H and O–H groups in total. The second kappa shape index (κ2) is 6.03. The molecule has 0 spiro atoms. The highest BCUT2D eigenvalue weighted by molar-refractivity contribution is 5.51. The number of aryl methyl sites for hydroxylation is 1. The van der Waals surface area contributed by atoms with Gasteiger partial charge in [-0.05, 0) is 48.4 Å². The molecule has 1 aliphatic carbocycles. The maximum absolute atomic E-state index is 4.02. The van der Waals surface area contributed by atoms with Crippen LogP contribution in [0, 0.1) is 6.92 Å². The quantitative estimate of drug-likeness (QED) is 0.871. The van der Waals surface area contributed by atoms with E-state index in [1.807, 2.05) is 13.0 Å². The Bertz CT molecular complexity index is 555. The fourth-order valence-electron chi connectivity index (χ4n) is 2.86. The lowest BCUT2D eigenvalue weighted by atomic mass is 10.1. The number of nitrogens with zero attached hydrogens (tertiary/aromatic N) is 4. The normalized spacial score (nSPS) is 16.9. The van der Waals surface area contributed by atoms with Crippen LogP contribution in [0.3, 0.4) is 0 Å². The van der Waals surface area contributed by atoms with Gasteiger partial charge in [0.15, 0.2) is 5.82 Å². The minimum Gasteiger partial charge on any atom is -0.382 e. The SMILES string of the molecule is Cc1nnnn1-c1cccc(NC2CCCCCC2)c1. The minimum atomic E-state index is 0.600. The lowest BCUT2D eigenvalue weighted by molar-refractivity contribution is 0.620. The molecule has 106 valence electrons. The third-order valence-corrected chi connectivity index (χ3v) is 3.94. The molecule has 3 rings (SSSR count). The van der Waals surface area contributed by atoms with Crippen molar-refractivity contribution >= 4 is 5.69 Å². The predicted octanol–water partition coefficient (Wildman–Crippen LogP) is 3.11. The molecule has 5 nitrogen and oxygen atoms in total. The average Bonchev–Trinajstić information content (AvgIpc) is 2.72. The Labute approximate surface area is 119 Å². The van der Waals surface area contributed by atoms with Gasteiger partial charge in [-0.25, -0.2) is 0 Å². The Morgan fingerprint density at radius 3 is 2.65 bits per heavy atom. The first-order valence-electron chi connectivity index (χ1n) is 7.45. The van der Waals surface area contributed by atoms with E-state index in [0.717, 1.165) is 17.2 Å². The van der Waals surface area contributed by atoms with Crippen molar-refractivity contribution in [3.63, 3.8) is 0 Å². The van der Waals surface area contributed by atoms with E-state index in [4.69, 9.17) is 0 Å². The summed E-state index contributed by atoms with van der Waals surface area (Å²) in [5.74, 6) is 0.802. The summed E-state index contributed by atoms with van der Waals surface area (Å²) < 4.78 is 1.76. The van der Waals surface area contributed by atoms with E-state index >= 15 is 0 Å². The topological polar surface area (TPSA) is 55.6 Å². The number of aromatic nitrogens is 4. The van der Waals surface area contributed by atoms with Gasteiger partial charge in [-0.1, -0.05) is 31.7 Å². The highest BCUT2D eigenvalue weighted by Crippen LogP contribution is 2.22. The molecule has 2 aromatic rings. The van der Waals surface area contributed by atoms with Gasteiger partial charge in [-0.2, -0.15) is 4.68 Å². The second-order valence-electron chi connectivity index (χ2n) is 5.52. The summed E-state index contributed by atoms with van der Waals surface area (Å²) in [5.41, 5.74) is 2.16. The van der Waals surface area contributed by atoms with Gasteiger partial charge in [-0.15, -0.1) is 5.10 Å². The summed E-state index contributed by atoms with van der Waals surface area (Å²) in [4.78, 5) is 0. The molecule has 0 bridgehead atoms. The highest BCUT2D eigenvalue weighted by Gasteiger charge is 2.12. The maximum Gasteiger partial charge on any atom is 0.153 e. The van der Waals surface area contributed by atoms with Crippen LogP contribution in [-0.2, 0) is 0 Å². The molecule has 0 atom stereocenters. The van der Waals surface area contributed by atoms with Gasteiger partial charge in [0, 0.05) is 11.7 Å². The van der Waals surface area contributed by atoms with Gasteiger partial charge < -0.3 is 5.32 Å². The van der Waals surface area contributed by atoms with Crippen molar-refractivity contribution in [3.8, 4) is 5.69 Å². The van der Waals surface area contributed by atoms with Crippen LogP contribution >= 0.6 is 0 Å². The molecule has 0 amide bonds. The molecular weight excluding hydrogens is 250 g/mol. The van der Waals surface area contributed by atoms with E-state index < -0.39 is 0 Å². The van der Waals surface area contributed by atoms with Gasteiger partial charge >= 0.3 is 0 Å². The number of hydrogen-bond donors (Lipinski definition) is 1. The van der Waals surface area contributed by atoms with Crippen LogP contribution in [0.4, 0.5) is 5.69 Å². The standard InChI is InChI=1S/C15H21N5/c1-12-17-18-19-20(12)15-10-6-9-14(11-15)16-13-7-4-2-3-5-8-13/h6,9-11,13,16H,2-5,7-8H2,1H3. The molecule has 0 saturated heterocycles. The zero-order valence-corrected chi connectivity index (χ0v) is 11.9. The van der Waals surface area contributed by atoms with E-state index in [0.29, 0.717) is 6.04 Å². The summed E-state index contributed by atoms with van der Waals surface area (Å²) in [7, 11) is 0. The lowest BCUT2D eigenvalue weighted by Crippen LogP contribution is -2.18. The second-order valence-corrected chi connectivity index (χ2v) is 5.52. The molecule has 1 fully saturated rings. The fourth-order valence-corrected chi connectivity index (χ4v) is 2.86. The molecular formula is C15H21N5. The molecule has 0 radical (unpaired) electrons. The Morgan fingerprint density at radius 1 is 1.15 bits per heavy atom. The number of tetrazole rings is 1. The van der Waals surface area contributed by atoms with Gasteiger partial charge in [0.05, 0.1) is 5.69 Å². The van der Waals surface area contributed by atoms with Crippen LogP contribution in [-0.4, -0.2) is 26.2 Å². The molecule has 5 heteroatoms. The number of benzene rings is 1. The largest absolute Gasteiger partial charge is 0.382 e. The highest BCUT2D eigenvalue weighted by atomic mass is 15.5. The van der Waals surface area contributed by atoms with Crippen molar-refractivity contribution < 1.29 is 0 Å². The molecule has 20 heavy (non-hydrogen) atoms. The van der Waals surface area contributed by atoms with Crippen LogP contribution in [0.15, 0.2) is 24.3 Å². The van der Waals surface area contributed by atoms with E-state index in [-0.39, 0.29) is 0 Å². The van der Waals surface area contributed by atoms with Crippen LogP contribution in [0.1, 0.15) is 44.3 Å². The van der Waals surface area contributed by atoms with E-state index in [1.54, 1.807) is 4.68 Å². The Hall–Kier alpha value is -1.91. The zero-order chi connectivity index (χ0) is 13.8. The molecule has 1 aromatic carbocycles. The third-order valence-electron chi connectivity index (χ3n) is 3.94. The van der Waals surface area contributed by atoms with Crippen LogP contribution < -0.4 is 5.32 Å². The number of anilines is 1. The van der Waals surface area contributed by atoms with Crippen LogP contribution in [0.5, 0.6) is 0 Å². The van der Waals surface area contributed by atoms with Crippen molar-refractivity contribution in [2.45, 2.75) is 51.5 Å². The van der Waals surface area contributed by atoms with Crippen LogP contribution in [0.2, 0.25) is 0 Å². The summed E-state index contributed by atoms with van der Waals surface area (Å²) in [6.07, 6.45) is 7.97. The molecule has 0 unspecified atom stereocenters. The van der Waals surface area contributed by atoms with Gasteiger partial charge in [0.1, 0.15) is 0 Å². The van der Waals surface area contributed by atoms with Crippen molar-refractivity contribution in [1.29, 1.82) is 0 Å².